The third-order valence-electron chi connectivity index (χ3n) is 3.89. The minimum atomic E-state index is -0.220. The van der Waals surface area contributed by atoms with Crippen molar-refractivity contribution in [3.63, 3.8) is 0 Å². The fourth-order valence-electron chi connectivity index (χ4n) is 2.45. The third kappa shape index (κ3) is 5.62. The Morgan fingerprint density at radius 3 is 2.07 bits per heavy atom. The fourth-order valence-corrected chi connectivity index (χ4v) is 3.16. The Morgan fingerprint density at radius 2 is 1.43 bits per heavy atom. The van der Waals surface area contributed by atoms with Gasteiger partial charge in [0, 0.05) is 21.8 Å². The van der Waals surface area contributed by atoms with Crippen LogP contribution in [0.5, 0.6) is 5.75 Å². The van der Waals surface area contributed by atoms with Crippen LogP contribution in [0.15, 0.2) is 83.8 Å². The maximum Gasteiger partial charge on any atom is 0.255 e. The molecule has 0 aliphatic rings. The van der Waals surface area contributed by atoms with Crippen LogP contribution in [0.4, 0.5) is 11.4 Å². The van der Waals surface area contributed by atoms with Crippen molar-refractivity contribution in [2.75, 3.05) is 23.5 Å². The molecule has 0 saturated heterocycles. The number of hydrogen-bond donors (Lipinski definition) is 2. The van der Waals surface area contributed by atoms with E-state index in [4.69, 9.17) is 4.74 Å². The zero-order chi connectivity index (χ0) is 19.8. The number of ether oxygens (including phenoxy) is 1. The molecule has 28 heavy (non-hydrogen) atoms. The van der Waals surface area contributed by atoms with E-state index >= 15 is 0 Å². The summed E-state index contributed by atoms with van der Waals surface area (Å²) in [6.45, 7) is 0. The molecule has 0 unspecified atom stereocenters. The Morgan fingerprint density at radius 1 is 0.821 bits per heavy atom. The summed E-state index contributed by atoms with van der Waals surface area (Å²) in [7, 11) is 1.59. The topological polar surface area (TPSA) is 67.4 Å². The molecule has 2 amide bonds. The molecule has 0 atom stereocenters. The van der Waals surface area contributed by atoms with Gasteiger partial charge in [-0.2, -0.15) is 0 Å². The van der Waals surface area contributed by atoms with Gasteiger partial charge in [-0.15, -0.1) is 11.8 Å². The van der Waals surface area contributed by atoms with Gasteiger partial charge in [-0.1, -0.05) is 18.2 Å². The summed E-state index contributed by atoms with van der Waals surface area (Å²) in [6.07, 6.45) is 0. The molecule has 0 aliphatic heterocycles. The number of hydrogen-bond acceptors (Lipinski definition) is 4. The molecular formula is C22H20N2O3S. The Balaban J connectivity index is 1.52. The Bertz CT molecular complexity index is 926. The quantitative estimate of drug-likeness (QED) is 0.573. The summed E-state index contributed by atoms with van der Waals surface area (Å²) >= 11 is 1.47. The second-order valence-electron chi connectivity index (χ2n) is 5.91. The predicted molar refractivity (Wildman–Crippen MR) is 113 cm³/mol. The highest BCUT2D eigenvalue weighted by molar-refractivity contribution is 8.00. The van der Waals surface area contributed by atoms with Crippen LogP contribution < -0.4 is 15.4 Å². The van der Waals surface area contributed by atoms with Gasteiger partial charge in [0.15, 0.2) is 0 Å². The zero-order valence-electron chi connectivity index (χ0n) is 15.3. The molecule has 0 saturated carbocycles. The first-order valence-corrected chi connectivity index (χ1v) is 9.66. The first kappa shape index (κ1) is 19.5. The number of amides is 2. The average Bonchev–Trinajstić information content (AvgIpc) is 2.74. The van der Waals surface area contributed by atoms with Crippen molar-refractivity contribution in [1.29, 1.82) is 0 Å². The smallest absolute Gasteiger partial charge is 0.255 e. The number of carbonyl (C=O) groups is 2. The van der Waals surface area contributed by atoms with E-state index in [9.17, 15) is 9.59 Å². The van der Waals surface area contributed by atoms with E-state index in [0.717, 1.165) is 10.6 Å². The molecule has 0 radical (unpaired) electrons. The van der Waals surface area contributed by atoms with Crippen LogP contribution in [0.2, 0.25) is 0 Å². The van der Waals surface area contributed by atoms with Gasteiger partial charge in [-0.25, -0.2) is 0 Å². The molecule has 2 N–H and O–H groups in total. The molecule has 0 fully saturated rings. The summed E-state index contributed by atoms with van der Waals surface area (Å²) in [5, 5.41) is 5.66. The minimum absolute atomic E-state index is 0.0933. The Kier molecular flexibility index (Phi) is 6.70. The van der Waals surface area contributed by atoms with Gasteiger partial charge in [-0.3, -0.25) is 9.59 Å². The van der Waals surface area contributed by atoms with Gasteiger partial charge in [0.05, 0.1) is 12.9 Å². The summed E-state index contributed by atoms with van der Waals surface area (Å²) in [4.78, 5) is 25.4. The monoisotopic (exact) mass is 392 g/mol. The van der Waals surface area contributed by atoms with Crippen LogP contribution in [0, 0.1) is 0 Å². The number of methoxy groups -OCH3 is 1. The van der Waals surface area contributed by atoms with Crippen molar-refractivity contribution in [1.82, 2.24) is 0 Å². The summed E-state index contributed by atoms with van der Waals surface area (Å²) in [5.74, 6) is 0.736. The number of nitrogens with one attached hydrogen (secondary N) is 2. The number of thioether (sulfide) groups is 1. The SMILES string of the molecule is COc1ccc(NC(=O)c2ccc(NC(=O)CSc3ccccc3)cc2)cc1. The summed E-state index contributed by atoms with van der Waals surface area (Å²) in [5.41, 5.74) is 1.84. The fraction of sp³-hybridized carbons (Fsp3) is 0.0909. The number of anilines is 2. The van der Waals surface area contributed by atoms with Gasteiger partial charge >= 0.3 is 0 Å². The molecule has 3 aromatic rings. The molecule has 0 aliphatic carbocycles. The molecule has 0 bridgehead atoms. The highest BCUT2D eigenvalue weighted by Crippen LogP contribution is 2.19. The van der Waals surface area contributed by atoms with Gasteiger partial charge in [0.2, 0.25) is 5.91 Å². The van der Waals surface area contributed by atoms with Crippen LogP contribution in [0.1, 0.15) is 10.4 Å². The van der Waals surface area contributed by atoms with E-state index in [1.807, 2.05) is 30.3 Å². The lowest BCUT2D eigenvalue weighted by atomic mass is 10.2. The van der Waals surface area contributed by atoms with Crippen molar-refractivity contribution in [3.8, 4) is 5.75 Å². The molecule has 3 rings (SSSR count). The lowest BCUT2D eigenvalue weighted by Crippen LogP contribution is -2.15. The first-order valence-electron chi connectivity index (χ1n) is 8.67. The van der Waals surface area contributed by atoms with E-state index in [0.29, 0.717) is 22.7 Å². The molecule has 142 valence electrons. The second-order valence-corrected chi connectivity index (χ2v) is 6.96. The van der Waals surface area contributed by atoms with E-state index in [2.05, 4.69) is 10.6 Å². The van der Waals surface area contributed by atoms with Gasteiger partial charge in [0.25, 0.3) is 5.91 Å². The van der Waals surface area contributed by atoms with Crippen LogP contribution in [0.25, 0.3) is 0 Å². The number of benzene rings is 3. The van der Waals surface area contributed by atoms with Crippen LogP contribution >= 0.6 is 11.8 Å². The highest BCUT2D eigenvalue weighted by Gasteiger charge is 2.08. The van der Waals surface area contributed by atoms with Crippen molar-refractivity contribution in [3.05, 3.63) is 84.4 Å². The minimum Gasteiger partial charge on any atom is -0.497 e. The van der Waals surface area contributed by atoms with Crippen LogP contribution in [-0.2, 0) is 4.79 Å². The molecule has 0 heterocycles. The zero-order valence-corrected chi connectivity index (χ0v) is 16.2. The molecule has 0 aromatic heterocycles. The van der Waals surface area contributed by atoms with E-state index in [1.54, 1.807) is 55.6 Å². The second kappa shape index (κ2) is 9.62. The van der Waals surface area contributed by atoms with E-state index < -0.39 is 0 Å². The maximum atomic E-state index is 12.3. The Labute approximate surface area is 168 Å². The van der Waals surface area contributed by atoms with Crippen molar-refractivity contribution < 1.29 is 14.3 Å². The largest absolute Gasteiger partial charge is 0.497 e. The number of rotatable bonds is 7. The van der Waals surface area contributed by atoms with Crippen LogP contribution in [-0.4, -0.2) is 24.7 Å². The summed E-state index contributed by atoms with van der Waals surface area (Å²) in [6, 6.07) is 23.7. The van der Waals surface area contributed by atoms with Gasteiger partial charge in [-0.05, 0) is 60.7 Å². The predicted octanol–water partition coefficient (Wildman–Crippen LogP) is 4.68. The van der Waals surface area contributed by atoms with Crippen LogP contribution in [0.3, 0.4) is 0 Å². The van der Waals surface area contributed by atoms with Gasteiger partial charge < -0.3 is 15.4 Å². The average molecular weight is 392 g/mol. The van der Waals surface area contributed by atoms with Gasteiger partial charge in [0.1, 0.15) is 5.75 Å². The third-order valence-corrected chi connectivity index (χ3v) is 4.90. The molecule has 0 spiro atoms. The standard InChI is InChI=1S/C22H20N2O3S/c1-27-19-13-11-18(12-14-19)24-22(26)16-7-9-17(10-8-16)23-21(25)15-28-20-5-3-2-4-6-20/h2-14H,15H2,1H3,(H,23,25)(H,24,26). The lowest BCUT2D eigenvalue weighted by molar-refractivity contribution is -0.113. The van der Waals surface area contributed by atoms with Crippen molar-refractivity contribution in [2.45, 2.75) is 4.90 Å². The van der Waals surface area contributed by atoms with E-state index in [-0.39, 0.29) is 11.8 Å². The Hall–Kier alpha value is -3.25. The normalized spacial score (nSPS) is 10.2. The van der Waals surface area contributed by atoms with Crippen molar-refractivity contribution in [2.24, 2.45) is 0 Å². The lowest BCUT2D eigenvalue weighted by Gasteiger charge is -2.08. The molecule has 6 heteroatoms. The van der Waals surface area contributed by atoms with E-state index in [1.165, 1.54) is 11.8 Å². The maximum absolute atomic E-state index is 12.3. The first-order chi connectivity index (χ1) is 13.6. The molecule has 3 aromatic carbocycles. The number of carbonyl (C=O) groups excluding carboxylic acids is 2. The summed E-state index contributed by atoms with van der Waals surface area (Å²) < 4.78 is 5.10. The highest BCUT2D eigenvalue weighted by atomic mass is 32.2. The van der Waals surface area contributed by atoms with Crippen molar-refractivity contribution >= 4 is 35.0 Å². The molecule has 5 nitrogen and oxygen atoms in total. The molecular weight excluding hydrogens is 372 g/mol.